The van der Waals surface area contributed by atoms with E-state index in [1.54, 1.807) is 6.07 Å². The van der Waals surface area contributed by atoms with Gasteiger partial charge in [-0.1, -0.05) is 11.6 Å². The molecule has 0 radical (unpaired) electrons. The Labute approximate surface area is 116 Å². The van der Waals surface area contributed by atoms with E-state index in [1.165, 1.54) is 13.0 Å². The summed E-state index contributed by atoms with van der Waals surface area (Å²) in [4.78, 5) is 13.7. The van der Waals surface area contributed by atoms with Crippen LogP contribution in [-0.4, -0.2) is 40.4 Å². The van der Waals surface area contributed by atoms with E-state index in [4.69, 9.17) is 11.6 Å². The minimum absolute atomic E-state index is 0.0742. The maximum atomic E-state index is 11.4. The number of phenols is 1. The molecule has 0 saturated carbocycles. The van der Waals surface area contributed by atoms with Crippen LogP contribution in [0.5, 0.6) is 5.75 Å². The van der Waals surface area contributed by atoms with Gasteiger partial charge in [0.1, 0.15) is 5.75 Å². The van der Waals surface area contributed by atoms with Crippen LogP contribution in [0.3, 0.4) is 0 Å². The summed E-state index contributed by atoms with van der Waals surface area (Å²) in [5.41, 5.74) is 1.04. The molecule has 1 saturated heterocycles. The summed E-state index contributed by atoms with van der Waals surface area (Å²) in [6, 6.07) is 3.26. The second-order valence-corrected chi connectivity index (χ2v) is 6.07. The first kappa shape index (κ1) is 13.7. The summed E-state index contributed by atoms with van der Waals surface area (Å²) in [6.45, 7) is 4.10. The number of aromatic hydroxyl groups is 1. The van der Waals surface area contributed by atoms with Crippen molar-refractivity contribution in [1.82, 2.24) is 4.90 Å². The van der Waals surface area contributed by atoms with Gasteiger partial charge in [-0.25, -0.2) is 0 Å². The van der Waals surface area contributed by atoms with Gasteiger partial charge in [0.2, 0.25) is 0 Å². The second kappa shape index (κ2) is 5.95. The minimum Gasteiger partial charge on any atom is -0.507 e. The molecule has 1 aromatic rings. The van der Waals surface area contributed by atoms with Gasteiger partial charge in [-0.3, -0.25) is 9.69 Å². The fraction of sp³-hybridized carbons (Fsp3) is 0.462. The second-order valence-electron chi connectivity index (χ2n) is 4.41. The van der Waals surface area contributed by atoms with Crippen molar-refractivity contribution in [3.05, 3.63) is 28.3 Å². The fourth-order valence-electron chi connectivity index (χ4n) is 2.04. The number of ketones is 1. The predicted molar refractivity (Wildman–Crippen MR) is 75.7 cm³/mol. The van der Waals surface area contributed by atoms with Gasteiger partial charge in [-0.15, -0.1) is 0 Å². The van der Waals surface area contributed by atoms with Crippen molar-refractivity contribution in [2.24, 2.45) is 0 Å². The average molecular weight is 286 g/mol. The Bertz CT molecular complexity index is 459. The lowest BCUT2D eigenvalue weighted by molar-refractivity contribution is 0.101. The highest BCUT2D eigenvalue weighted by molar-refractivity contribution is 7.99. The van der Waals surface area contributed by atoms with Crippen molar-refractivity contribution in [2.75, 3.05) is 24.6 Å². The molecule has 0 aromatic heterocycles. The van der Waals surface area contributed by atoms with Crippen LogP contribution in [0.25, 0.3) is 0 Å². The largest absolute Gasteiger partial charge is 0.507 e. The highest BCUT2D eigenvalue weighted by Crippen LogP contribution is 2.29. The Balaban J connectivity index is 2.23. The summed E-state index contributed by atoms with van der Waals surface area (Å²) in [7, 11) is 0. The van der Waals surface area contributed by atoms with Crippen molar-refractivity contribution in [3.63, 3.8) is 0 Å². The van der Waals surface area contributed by atoms with Crippen LogP contribution < -0.4 is 0 Å². The lowest BCUT2D eigenvalue weighted by Gasteiger charge is -2.26. The molecule has 1 aliphatic heterocycles. The number of Topliss-reactive ketones (excluding diaryl/α,β-unsaturated/α-hetero) is 1. The van der Waals surface area contributed by atoms with Gasteiger partial charge in [-0.05, 0) is 19.1 Å². The SMILES string of the molecule is CC(=O)c1cc(Cl)cc(CN2CCSCC2)c1O. The van der Waals surface area contributed by atoms with E-state index in [-0.39, 0.29) is 11.5 Å². The first-order valence-electron chi connectivity index (χ1n) is 5.90. The van der Waals surface area contributed by atoms with Crippen LogP contribution in [0, 0.1) is 0 Å². The fourth-order valence-corrected chi connectivity index (χ4v) is 3.26. The Morgan fingerprint density at radius 1 is 1.44 bits per heavy atom. The van der Waals surface area contributed by atoms with Gasteiger partial charge in [0, 0.05) is 41.7 Å². The molecule has 0 amide bonds. The molecule has 98 valence electrons. The molecule has 0 spiro atoms. The zero-order chi connectivity index (χ0) is 13.1. The zero-order valence-corrected chi connectivity index (χ0v) is 11.9. The number of nitrogens with zero attached hydrogens (tertiary/aromatic N) is 1. The summed E-state index contributed by atoms with van der Waals surface area (Å²) in [5, 5.41) is 10.6. The van der Waals surface area contributed by atoms with Crippen molar-refractivity contribution in [2.45, 2.75) is 13.5 Å². The van der Waals surface area contributed by atoms with Crippen LogP contribution in [-0.2, 0) is 6.54 Å². The Hall–Kier alpha value is -0.710. The van der Waals surface area contributed by atoms with E-state index >= 15 is 0 Å². The molecule has 1 fully saturated rings. The highest BCUT2D eigenvalue weighted by Gasteiger charge is 2.17. The van der Waals surface area contributed by atoms with Crippen molar-refractivity contribution in [1.29, 1.82) is 0 Å². The topological polar surface area (TPSA) is 40.5 Å². The number of carbonyl (C=O) groups is 1. The molecule has 0 aliphatic carbocycles. The maximum absolute atomic E-state index is 11.4. The number of hydrogen-bond donors (Lipinski definition) is 1. The summed E-state index contributed by atoms with van der Waals surface area (Å²) in [6.07, 6.45) is 0. The van der Waals surface area contributed by atoms with Crippen molar-refractivity contribution >= 4 is 29.1 Å². The van der Waals surface area contributed by atoms with Gasteiger partial charge in [0.25, 0.3) is 0 Å². The van der Waals surface area contributed by atoms with Crippen LogP contribution >= 0.6 is 23.4 Å². The molecule has 2 rings (SSSR count). The van der Waals surface area contributed by atoms with Crippen LogP contribution in [0.2, 0.25) is 5.02 Å². The maximum Gasteiger partial charge on any atom is 0.163 e. The van der Waals surface area contributed by atoms with Gasteiger partial charge in [0.05, 0.1) is 5.56 Å². The molecule has 0 atom stereocenters. The van der Waals surface area contributed by atoms with E-state index in [0.717, 1.165) is 30.2 Å². The van der Waals surface area contributed by atoms with Crippen molar-refractivity contribution in [3.8, 4) is 5.75 Å². The number of benzene rings is 1. The van der Waals surface area contributed by atoms with Gasteiger partial charge >= 0.3 is 0 Å². The Morgan fingerprint density at radius 3 is 2.72 bits per heavy atom. The van der Waals surface area contributed by atoms with E-state index in [2.05, 4.69) is 4.90 Å². The standard InChI is InChI=1S/C13H16ClNO2S/c1-9(16)12-7-11(14)6-10(13(12)17)8-15-2-4-18-5-3-15/h6-7,17H,2-5,8H2,1H3. The predicted octanol–water partition coefficient (Wildman–Crippen LogP) is 2.80. The summed E-state index contributed by atoms with van der Waals surface area (Å²) in [5.74, 6) is 2.14. The number of carbonyl (C=O) groups excluding carboxylic acids is 1. The third kappa shape index (κ3) is 3.19. The van der Waals surface area contributed by atoms with Crippen LogP contribution in [0.15, 0.2) is 12.1 Å². The van der Waals surface area contributed by atoms with E-state index < -0.39 is 0 Å². The molecule has 0 bridgehead atoms. The molecule has 1 aromatic carbocycles. The minimum atomic E-state index is -0.162. The van der Waals surface area contributed by atoms with E-state index in [1.807, 2.05) is 11.8 Å². The molecular weight excluding hydrogens is 270 g/mol. The molecule has 0 unspecified atom stereocenters. The molecule has 1 aliphatic rings. The molecule has 5 heteroatoms. The molecule has 3 nitrogen and oxygen atoms in total. The lowest BCUT2D eigenvalue weighted by atomic mass is 10.1. The Kier molecular flexibility index (Phi) is 4.54. The third-order valence-corrected chi connectivity index (χ3v) is 4.19. The average Bonchev–Trinajstić information content (AvgIpc) is 2.34. The molecule has 1 heterocycles. The zero-order valence-electron chi connectivity index (χ0n) is 10.3. The first-order valence-corrected chi connectivity index (χ1v) is 7.43. The first-order chi connectivity index (χ1) is 8.58. The monoisotopic (exact) mass is 285 g/mol. The number of rotatable bonds is 3. The smallest absolute Gasteiger partial charge is 0.163 e. The van der Waals surface area contributed by atoms with Crippen LogP contribution in [0.4, 0.5) is 0 Å². The number of thioether (sulfide) groups is 1. The highest BCUT2D eigenvalue weighted by atomic mass is 35.5. The number of hydrogen-bond acceptors (Lipinski definition) is 4. The van der Waals surface area contributed by atoms with E-state index in [9.17, 15) is 9.90 Å². The van der Waals surface area contributed by atoms with E-state index in [0.29, 0.717) is 17.1 Å². The normalized spacial score (nSPS) is 16.8. The molecule has 18 heavy (non-hydrogen) atoms. The Morgan fingerprint density at radius 2 is 2.11 bits per heavy atom. The van der Waals surface area contributed by atoms with Gasteiger partial charge < -0.3 is 5.11 Å². The molecule has 1 N–H and O–H groups in total. The third-order valence-electron chi connectivity index (χ3n) is 3.03. The quantitative estimate of drug-likeness (QED) is 0.867. The van der Waals surface area contributed by atoms with Gasteiger partial charge in [0.15, 0.2) is 5.78 Å². The summed E-state index contributed by atoms with van der Waals surface area (Å²) < 4.78 is 0. The van der Waals surface area contributed by atoms with Crippen LogP contribution in [0.1, 0.15) is 22.8 Å². The lowest BCUT2D eigenvalue weighted by Crippen LogP contribution is -2.32. The molecular formula is C13H16ClNO2S. The van der Waals surface area contributed by atoms with Gasteiger partial charge in [-0.2, -0.15) is 11.8 Å². The number of phenolic OH excluding ortho intramolecular Hbond substituents is 1. The summed E-state index contributed by atoms with van der Waals surface area (Å²) >= 11 is 7.94. The van der Waals surface area contributed by atoms with Crippen molar-refractivity contribution < 1.29 is 9.90 Å². The number of halogens is 1.